The van der Waals surface area contributed by atoms with Crippen molar-refractivity contribution in [2.75, 3.05) is 31.2 Å². The molecule has 6 rings (SSSR count). The van der Waals surface area contributed by atoms with Crippen molar-refractivity contribution in [1.29, 1.82) is 0 Å². The van der Waals surface area contributed by atoms with E-state index < -0.39 is 45.5 Å². The lowest BCUT2D eigenvalue weighted by Gasteiger charge is -2.31. The Hall–Kier alpha value is -2.94. The number of nitrogens with zero attached hydrogens (tertiary/aromatic N) is 3. The highest BCUT2D eigenvalue weighted by Crippen LogP contribution is 2.54. The summed E-state index contributed by atoms with van der Waals surface area (Å²) in [5.41, 5.74) is -0.479. The summed E-state index contributed by atoms with van der Waals surface area (Å²) in [6.45, 7) is 1.36. The molecule has 3 atom stereocenters. The van der Waals surface area contributed by atoms with Crippen molar-refractivity contribution >= 4 is 62.4 Å². The number of hydrogen-bond donors (Lipinski definition) is 0. The van der Waals surface area contributed by atoms with Gasteiger partial charge in [0.1, 0.15) is 11.8 Å². The van der Waals surface area contributed by atoms with E-state index in [2.05, 4.69) is 15.9 Å². The van der Waals surface area contributed by atoms with Crippen LogP contribution < -0.4 is 9.77 Å². The summed E-state index contributed by atoms with van der Waals surface area (Å²) in [6.07, 6.45) is -4.66. The Labute approximate surface area is 248 Å². The van der Waals surface area contributed by atoms with Crippen LogP contribution in [0.25, 0.3) is 0 Å². The Morgan fingerprint density at radius 1 is 1.02 bits per heavy atom. The van der Waals surface area contributed by atoms with Gasteiger partial charge in [-0.2, -0.15) is 13.2 Å². The monoisotopic (exact) mass is 667 g/mol. The molecule has 0 radical (unpaired) electrons. The number of amides is 3. The molecule has 2 aromatic carbocycles. The van der Waals surface area contributed by atoms with Gasteiger partial charge in [0.2, 0.25) is 17.7 Å². The number of aromatic nitrogens is 1. The molecule has 3 aliphatic rings. The van der Waals surface area contributed by atoms with Gasteiger partial charge in [0.25, 0.3) is 0 Å². The predicted octanol–water partition coefficient (Wildman–Crippen LogP) is 4.35. The lowest BCUT2D eigenvalue weighted by atomic mass is 9.83. The minimum Gasteiger partial charge on any atom is -0.378 e. The average molecular weight is 669 g/mol. The third kappa shape index (κ3) is 5.04. The van der Waals surface area contributed by atoms with E-state index in [-0.39, 0.29) is 18.1 Å². The molecule has 214 valence electrons. The van der Waals surface area contributed by atoms with E-state index in [0.29, 0.717) is 46.2 Å². The van der Waals surface area contributed by atoms with Crippen molar-refractivity contribution in [3.05, 3.63) is 78.7 Å². The lowest BCUT2D eigenvalue weighted by molar-refractivity contribution is -0.138. The van der Waals surface area contributed by atoms with Crippen LogP contribution in [-0.4, -0.2) is 58.7 Å². The van der Waals surface area contributed by atoms with Crippen LogP contribution in [0, 0.1) is 5.92 Å². The quantitative estimate of drug-likeness (QED) is 0.385. The molecule has 41 heavy (non-hydrogen) atoms. The minimum atomic E-state index is -4.66. The second-order valence-electron chi connectivity index (χ2n) is 9.77. The molecule has 14 heteroatoms. The highest BCUT2D eigenvalue weighted by atomic mass is 79.9. The van der Waals surface area contributed by atoms with Crippen LogP contribution in [0.5, 0.6) is 0 Å². The number of carbonyl (C=O) groups excluding carboxylic acids is 3. The van der Waals surface area contributed by atoms with E-state index in [1.807, 2.05) is 0 Å². The second-order valence-corrected chi connectivity index (χ2v) is 12.8. The number of hydrogen-bond acceptors (Lipinski definition) is 7. The standard InChI is InChI=1S/C27H21BrF3N3O5S2/c28-16-5-1-3-14(11-16)19-20-21(24(37)34(23(20)36)17-6-2-4-15(12-17)27(29,30)31)40-25-22(19)41-26(38)33(25)13-18(35)32-7-9-39-10-8-32/h1-6,11-12,19-21H,7-10,13H2/t19-,20-,21+/m0/s1. The van der Waals surface area contributed by atoms with Gasteiger partial charge in [-0.15, -0.1) is 0 Å². The summed E-state index contributed by atoms with van der Waals surface area (Å²) in [6, 6.07) is 11.3. The molecule has 0 saturated carbocycles. The molecule has 0 N–H and O–H groups in total. The van der Waals surface area contributed by atoms with E-state index in [9.17, 15) is 32.3 Å². The van der Waals surface area contributed by atoms with Gasteiger partial charge in [0, 0.05) is 28.4 Å². The number of imide groups is 1. The van der Waals surface area contributed by atoms with Crippen molar-refractivity contribution in [3.63, 3.8) is 0 Å². The van der Waals surface area contributed by atoms with Gasteiger partial charge in [0.15, 0.2) is 0 Å². The molecule has 2 fully saturated rings. The molecule has 0 unspecified atom stereocenters. The maximum absolute atomic E-state index is 13.9. The fourth-order valence-corrected chi connectivity index (χ4v) is 8.63. The van der Waals surface area contributed by atoms with Crippen molar-refractivity contribution in [2.24, 2.45) is 5.92 Å². The number of benzene rings is 2. The predicted molar refractivity (Wildman–Crippen MR) is 149 cm³/mol. The van der Waals surface area contributed by atoms with Gasteiger partial charge in [-0.25, -0.2) is 4.90 Å². The first-order chi connectivity index (χ1) is 19.5. The number of thioether (sulfide) groups is 1. The average Bonchev–Trinajstić information content (AvgIpc) is 3.39. The summed E-state index contributed by atoms with van der Waals surface area (Å²) < 4.78 is 47.7. The van der Waals surface area contributed by atoms with Crippen LogP contribution in [0.15, 0.2) is 62.8 Å². The molecule has 0 aliphatic carbocycles. The zero-order valence-electron chi connectivity index (χ0n) is 21.1. The van der Waals surface area contributed by atoms with Gasteiger partial charge < -0.3 is 9.64 Å². The molecule has 0 bridgehead atoms. The van der Waals surface area contributed by atoms with Crippen molar-refractivity contribution in [2.45, 2.75) is 28.9 Å². The number of rotatable bonds is 4. The first-order valence-corrected chi connectivity index (χ1v) is 15.1. The van der Waals surface area contributed by atoms with Crippen LogP contribution in [0.3, 0.4) is 0 Å². The molecule has 3 aliphatic heterocycles. The fourth-order valence-electron chi connectivity index (χ4n) is 5.44. The topological polar surface area (TPSA) is 88.9 Å². The van der Waals surface area contributed by atoms with Crippen molar-refractivity contribution in [1.82, 2.24) is 9.47 Å². The van der Waals surface area contributed by atoms with Gasteiger partial charge in [-0.3, -0.25) is 23.7 Å². The maximum Gasteiger partial charge on any atom is 0.416 e. The zero-order valence-corrected chi connectivity index (χ0v) is 24.3. The van der Waals surface area contributed by atoms with Crippen LogP contribution in [0.2, 0.25) is 0 Å². The van der Waals surface area contributed by atoms with Gasteiger partial charge >= 0.3 is 11.0 Å². The number of ether oxygens (including phenoxy) is 1. The summed E-state index contributed by atoms with van der Waals surface area (Å²) in [7, 11) is 0. The normalized spacial score (nSPS) is 22.6. The summed E-state index contributed by atoms with van der Waals surface area (Å²) in [5, 5.41) is -0.591. The maximum atomic E-state index is 13.9. The third-order valence-electron chi connectivity index (χ3n) is 7.35. The van der Waals surface area contributed by atoms with E-state index >= 15 is 0 Å². The number of carbonyl (C=O) groups is 3. The van der Waals surface area contributed by atoms with E-state index in [4.69, 9.17) is 4.74 Å². The number of alkyl halides is 3. The first kappa shape index (κ1) is 28.2. The lowest BCUT2D eigenvalue weighted by Crippen LogP contribution is -2.43. The van der Waals surface area contributed by atoms with Crippen molar-refractivity contribution < 1.29 is 32.3 Å². The molecular weight excluding hydrogens is 647 g/mol. The SMILES string of the molecule is O=C(Cn1c2c(sc1=O)[C@@H](c1cccc(Br)c1)[C@@H]1C(=O)N(c3cccc(C(F)(F)F)c3)C(=O)[C@@H]1S2)N1CCOCC1. The number of thiazole rings is 1. The second kappa shape index (κ2) is 10.7. The van der Waals surface area contributed by atoms with E-state index in [1.165, 1.54) is 10.6 Å². The Morgan fingerprint density at radius 3 is 2.46 bits per heavy atom. The molecule has 8 nitrogen and oxygen atoms in total. The molecular formula is C27H21BrF3N3O5S2. The summed E-state index contributed by atoms with van der Waals surface area (Å²) >= 11 is 5.37. The molecule has 0 spiro atoms. The van der Waals surface area contributed by atoms with Crippen LogP contribution in [-0.2, 0) is 31.8 Å². The smallest absolute Gasteiger partial charge is 0.378 e. The highest BCUT2D eigenvalue weighted by molar-refractivity contribution is 9.10. The molecule has 2 saturated heterocycles. The Morgan fingerprint density at radius 2 is 1.76 bits per heavy atom. The third-order valence-corrected chi connectivity index (χ3v) is 10.4. The Balaban J connectivity index is 1.43. The van der Waals surface area contributed by atoms with Crippen LogP contribution in [0.1, 0.15) is 21.9 Å². The van der Waals surface area contributed by atoms with Gasteiger partial charge in [-0.05, 0) is 35.9 Å². The summed E-state index contributed by atoms with van der Waals surface area (Å²) in [5.74, 6) is -3.26. The van der Waals surface area contributed by atoms with Crippen molar-refractivity contribution in [3.8, 4) is 0 Å². The first-order valence-electron chi connectivity index (χ1n) is 12.6. The Bertz CT molecular complexity index is 1620. The van der Waals surface area contributed by atoms with Gasteiger partial charge in [-0.1, -0.05) is 57.2 Å². The number of halogens is 4. The minimum absolute atomic E-state index is 0.166. The van der Waals surface area contributed by atoms with E-state index in [1.54, 1.807) is 29.2 Å². The van der Waals surface area contributed by atoms with E-state index in [0.717, 1.165) is 46.2 Å². The number of morpholine rings is 1. The Kier molecular flexibility index (Phi) is 7.37. The summed E-state index contributed by atoms with van der Waals surface area (Å²) in [4.78, 5) is 56.6. The molecule has 3 aromatic rings. The number of anilines is 1. The van der Waals surface area contributed by atoms with Gasteiger partial charge in [0.05, 0.1) is 35.4 Å². The molecule has 1 aromatic heterocycles. The molecule has 3 amide bonds. The largest absolute Gasteiger partial charge is 0.416 e. The zero-order chi connectivity index (χ0) is 29.1. The highest BCUT2D eigenvalue weighted by Gasteiger charge is 2.57. The van der Waals surface area contributed by atoms with Crippen LogP contribution >= 0.6 is 39.0 Å². The fraction of sp³-hybridized carbons (Fsp3) is 0.333. The number of fused-ring (bicyclic) bond motifs is 2. The molecule has 4 heterocycles. The van der Waals surface area contributed by atoms with Crippen LogP contribution in [0.4, 0.5) is 18.9 Å².